The maximum atomic E-state index is 11.8. The average Bonchev–Trinajstić information content (AvgIpc) is 3.35. The van der Waals surface area contributed by atoms with Crippen molar-refractivity contribution in [3.63, 3.8) is 0 Å². The number of nitro groups is 1. The summed E-state index contributed by atoms with van der Waals surface area (Å²) < 4.78 is 18.4. The molecule has 0 aliphatic carbocycles. The first-order valence-electron chi connectivity index (χ1n) is 10.6. The number of rotatable bonds is 8. The van der Waals surface area contributed by atoms with Gasteiger partial charge in [-0.05, 0) is 54.1 Å². The van der Waals surface area contributed by atoms with E-state index in [1.807, 2.05) is 24.3 Å². The van der Waals surface area contributed by atoms with Gasteiger partial charge in [-0.3, -0.25) is 10.1 Å². The molecule has 35 heavy (non-hydrogen) atoms. The van der Waals surface area contributed by atoms with Gasteiger partial charge in [0, 0.05) is 12.1 Å². The number of benzene rings is 3. The molecule has 0 saturated heterocycles. The Morgan fingerprint density at radius 2 is 1.71 bits per heavy atom. The van der Waals surface area contributed by atoms with Crippen LogP contribution in [0.1, 0.15) is 11.3 Å². The lowest BCUT2D eigenvalue weighted by atomic mass is 10.2. The number of non-ortho nitro benzene ring substituents is 1. The maximum Gasteiger partial charge on any atom is 0.339 e. The van der Waals surface area contributed by atoms with Crippen molar-refractivity contribution in [2.45, 2.75) is 13.2 Å². The summed E-state index contributed by atoms with van der Waals surface area (Å²) in [6.45, 7) is 0.415. The van der Waals surface area contributed by atoms with Gasteiger partial charge in [-0.15, -0.1) is 5.10 Å². The van der Waals surface area contributed by atoms with Gasteiger partial charge < -0.3 is 13.9 Å². The molecule has 5 aromatic rings. The Morgan fingerprint density at radius 1 is 0.943 bits per heavy atom. The van der Waals surface area contributed by atoms with E-state index in [-0.39, 0.29) is 18.9 Å². The molecular weight excluding hydrogens is 452 g/mol. The van der Waals surface area contributed by atoms with E-state index >= 15 is 0 Å². The lowest BCUT2D eigenvalue weighted by molar-refractivity contribution is -0.384. The van der Waals surface area contributed by atoms with E-state index in [4.69, 9.17) is 13.9 Å². The third-order valence-corrected chi connectivity index (χ3v) is 5.18. The highest BCUT2D eigenvalue weighted by Gasteiger charge is 2.09. The number of ether oxygens (including phenoxy) is 2. The van der Waals surface area contributed by atoms with E-state index in [9.17, 15) is 14.9 Å². The van der Waals surface area contributed by atoms with E-state index < -0.39 is 10.5 Å². The highest BCUT2D eigenvalue weighted by atomic mass is 16.6. The summed E-state index contributed by atoms with van der Waals surface area (Å²) in [6, 6.07) is 21.9. The molecule has 0 N–H and O–H groups in total. The maximum absolute atomic E-state index is 11.8. The number of nitrogens with zero attached hydrogens (tertiary/aromatic N) is 4. The van der Waals surface area contributed by atoms with Crippen LogP contribution < -0.4 is 15.1 Å². The zero-order chi connectivity index (χ0) is 24.2. The largest absolute Gasteiger partial charge is 0.489 e. The lowest BCUT2D eigenvalue weighted by Crippen LogP contribution is -2.02. The van der Waals surface area contributed by atoms with Crippen molar-refractivity contribution >= 4 is 16.7 Å². The summed E-state index contributed by atoms with van der Waals surface area (Å²) in [6.07, 6.45) is 1.74. The molecule has 10 heteroatoms. The first-order chi connectivity index (χ1) is 17.0. The molecule has 0 amide bonds. The topological polar surface area (TPSA) is 123 Å². The summed E-state index contributed by atoms with van der Waals surface area (Å²) >= 11 is 0. The third kappa shape index (κ3) is 5.01. The predicted octanol–water partition coefficient (Wildman–Crippen LogP) is 4.44. The minimum absolute atomic E-state index is 0.0403. The summed E-state index contributed by atoms with van der Waals surface area (Å²) in [7, 11) is 0. The van der Waals surface area contributed by atoms with E-state index in [1.165, 1.54) is 18.2 Å². The highest BCUT2D eigenvalue weighted by molar-refractivity contribution is 5.82. The van der Waals surface area contributed by atoms with E-state index in [0.29, 0.717) is 28.2 Å². The lowest BCUT2D eigenvalue weighted by Gasteiger charge is -2.07. The minimum atomic E-state index is -0.488. The van der Waals surface area contributed by atoms with Gasteiger partial charge in [-0.2, -0.15) is 0 Å². The van der Waals surface area contributed by atoms with Gasteiger partial charge in [-0.1, -0.05) is 17.3 Å². The quantitative estimate of drug-likeness (QED) is 0.185. The monoisotopic (exact) mass is 470 g/mol. The van der Waals surface area contributed by atoms with Crippen LogP contribution in [0.5, 0.6) is 11.5 Å². The molecular formula is C25H18N4O6. The second kappa shape index (κ2) is 9.48. The average molecular weight is 470 g/mol. The molecule has 174 valence electrons. The van der Waals surface area contributed by atoms with Crippen LogP contribution in [0, 0.1) is 10.1 Å². The Morgan fingerprint density at radius 3 is 2.49 bits per heavy atom. The SMILES string of the molecule is O=c1cc(OCc2cn(-c3ccc(OCc4ccc([N+](=O)[O-])cc4)cc3)nn2)c2ccccc2o1. The number of fused-ring (bicyclic) bond motifs is 1. The summed E-state index contributed by atoms with van der Waals surface area (Å²) in [4.78, 5) is 22.1. The summed E-state index contributed by atoms with van der Waals surface area (Å²) in [5, 5.41) is 19.7. The molecule has 0 atom stereocenters. The van der Waals surface area contributed by atoms with Crippen LogP contribution >= 0.6 is 0 Å². The van der Waals surface area contributed by atoms with Crippen LogP contribution in [0.25, 0.3) is 16.7 Å². The van der Waals surface area contributed by atoms with Crippen molar-refractivity contribution in [1.29, 1.82) is 0 Å². The number of nitro benzene ring substituents is 1. The van der Waals surface area contributed by atoms with Gasteiger partial charge in [0.25, 0.3) is 5.69 Å². The van der Waals surface area contributed by atoms with Crippen LogP contribution in [-0.2, 0) is 13.2 Å². The second-order valence-electron chi connectivity index (χ2n) is 7.58. The third-order valence-electron chi connectivity index (χ3n) is 5.18. The molecule has 0 saturated carbocycles. The van der Waals surface area contributed by atoms with Gasteiger partial charge in [0.1, 0.15) is 36.0 Å². The minimum Gasteiger partial charge on any atom is -0.489 e. The zero-order valence-corrected chi connectivity index (χ0v) is 18.2. The van der Waals surface area contributed by atoms with Crippen molar-refractivity contribution < 1.29 is 18.8 Å². The van der Waals surface area contributed by atoms with E-state index in [2.05, 4.69) is 10.3 Å². The van der Waals surface area contributed by atoms with Crippen molar-refractivity contribution in [2.24, 2.45) is 0 Å². The number of para-hydroxylation sites is 1. The second-order valence-corrected chi connectivity index (χ2v) is 7.58. The molecule has 2 heterocycles. The smallest absolute Gasteiger partial charge is 0.339 e. The van der Waals surface area contributed by atoms with Gasteiger partial charge in [0.2, 0.25) is 0 Å². The predicted molar refractivity (Wildman–Crippen MR) is 126 cm³/mol. The molecule has 3 aromatic carbocycles. The molecule has 10 nitrogen and oxygen atoms in total. The molecule has 0 unspecified atom stereocenters. The fraction of sp³-hybridized carbons (Fsp3) is 0.0800. The Balaban J connectivity index is 1.21. The van der Waals surface area contributed by atoms with Crippen LogP contribution in [-0.4, -0.2) is 19.9 Å². The zero-order valence-electron chi connectivity index (χ0n) is 18.2. The molecule has 0 aliphatic heterocycles. The molecule has 0 bridgehead atoms. The summed E-state index contributed by atoms with van der Waals surface area (Å²) in [5.74, 6) is 1.06. The fourth-order valence-electron chi connectivity index (χ4n) is 3.42. The Labute approximate surface area is 198 Å². The molecule has 0 fully saturated rings. The van der Waals surface area contributed by atoms with E-state index in [1.54, 1.807) is 47.3 Å². The van der Waals surface area contributed by atoms with Gasteiger partial charge in [-0.25, -0.2) is 9.48 Å². The molecule has 2 aromatic heterocycles. The molecule has 0 radical (unpaired) electrons. The van der Waals surface area contributed by atoms with E-state index in [0.717, 1.165) is 11.3 Å². The number of hydrogen-bond acceptors (Lipinski definition) is 8. The van der Waals surface area contributed by atoms with Gasteiger partial charge >= 0.3 is 5.63 Å². The highest BCUT2D eigenvalue weighted by Crippen LogP contribution is 2.24. The number of aromatic nitrogens is 3. The Bertz CT molecular complexity index is 1540. The van der Waals surface area contributed by atoms with Crippen LogP contribution in [0.4, 0.5) is 5.69 Å². The van der Waals surface area contributed by atoms with Crippen molar-refractivity contribution in [3.8, 4) is 17.2 Å². The molecule has 0 aliphatic rings. The van der Waals surface area contributed by atoms with Crippen LogP contribution in [0.2, 0.25) is 0 Å². The van der Waals surface area contributed by atoms with Crippen molar-refractivity contribution in [1.82, 2.24) is 15.0 Å². The molecule has 5 rings (SSSR count). The van der Waals surface area contributed by atoms with Crippen molar-refractivity contribution in [2.75, 3.05) is 0 Å². The first-order valence-corrected chi connectivity index (χ1v) is 10.6. The Kier molecular flexibility index (Phi) is 5.91. The summed E-state index contributed by atoms with van der Waals surface area (Å²) in [5.41, 5.74) is 2.19. The molecule has 0 spiro atoms. The van der Waals surface area contributed by atoms with Crippen molar-refractivity contribution in [3.05, 3.63) is 117 Å². The van der Waals surface area contributed by atoms with Crippen LogP contribution in [0.15, 0.2) is 94.3 Å². The first kappa shape index (κ1) is 21.8. The van der Waals surface area contributed by atoms with Crippen LogP contribution in [0.3, 0.4) is 0 Å². The standard InChI is InChI=1S/C25H18N4O6/c30-25-13-24(22-3-1-2-4-23(22)35-25)34-16-18-14-28(27-26-18)19-9-11-21(12-10-19)33-15-17-5-7-20(8-6-17)29(31)32/h1-14H,15-16H2. The normalized spacial score (nSPS) is 10.9. The number of hydrogen-bond donors (Lipinski definition) is 0. The van der Waals surface area contributed by atoms with Gasteiger partial charge in [0.15, 0.2) is 0 Å². The Hall–Kier alpha value is -4.99. The van der Waals surface area contributed by atoms with Gasteiger partial charge in [0.05, 0.1) is 28.3 Å². The fourth-order valence-corrected chi connectivity index (χ4v) is 3.42.